The van der Waals surface area contributed by atoms with Crippen LogP contribution >= 0.6 is 39.1 Å². The van der Waals surface area contributed by atoms with Gasteiger partial charge in [-0.3, -0.25) is 4.72 Å². The number of rotatable bonds is 5. The number of anilines is 1. The van der Waals surface area contributed by atoms with Crippen molar-refractivity contribution in [3.63, 3.8) is 0 Å². The number of sulfone groups is 1. The zero-order chi connectivity index (χ0) is 19.9. The van der Waals surface area contributed by atoms with Crippen LogP contribution in [0.3, 0.4) is 0 Å². The van der Waals surface area contributed by atoms with Crippen molar-refractivity contribution in [2.24, 2.45) is 0 Å². The van der Waals surface area contributed by atoms with Crippen molar-refractivity contribution in [3.8, 4) is 11.5 Å². The maximum absolute atomic E-state index is 12.7. The molecule has 26 heavy (non-hydrogen) atoms. The molecule has 2 rings (SSSR count). The minimum atomic E-state index is -4.31. The van der Waals surface area contributed by atoms with Crippen molar-refractivity contribution in [2.45, 2.75) is 9.79 Å². The quantitative estimate of drug-likeness (QED) is 0.601. The fourth-order valence-electron chi connectivity index (χ4n) is 2.07. The summed E-state index contributed by atoms with van der Waals surface area (Å²) in [6.07, 6.45) is 0.855. The highest BCUT2D eigenvalue weighted by molar-refractivity contribution is 9.10. The standard InChI is InChI=1S/C14H12BrCl2NO6S2/c1-24-14-9(17)3-7(15)4-12(14)26(22,23)18-10-5-8(16)6-11(13(10)19)25(2,20)21/h3-6,18-19H,1-2H3. The third-order valence-electron chi connectivity index (χ3n) is 3.15. The number of sulfonamides is 1. The first kappa shape index (κ1) is 21.1. The highest BCUT2D eigenvalue weighted by Gasteiger charge is 2.26. The van der Waals surface area contributed by atoms with E-state index in [4.69, 9.17) is 27.9 Å². The lowest BCUT2D eigenvalue weighted by Gasteiger charge is -2.15. The van der Waals surface area contributed by atoms with Gasteiger partial charge in [0, 0.05) is 15.8 Å². The summed E-state index contributed by atoms with van der Waals surface area (Å²) in [7, 11) is -6.91. The van der Waals surface area contributed by atoms with Gasteiger partial charge in [0.15, 0.2) is 21.3 Å². The molecule has 0 atom stereocenters. The van der Waals surface area contributed by atoms with Crippen LogP contribution in [0.1, 0.15) is 0 Å². The molecule has 142 valence electrons. The van der Waals surface area contributed by atoms with E-state index in [0.717, 1.165) is 18.4 Å². The maximum Gasteiger partial charge on any atom is 0.265 e. The van der Waals surface area contributed by atoms with Crippen molar-refractivity contribution < 1.29 is 26.7 Å². The van der Waals surface area contributed by atoms with E-state index in [1.807, 2.05) is 0 Å². The Morgan fingerprint density at radius 3 is 2.23 bits per heavy atom. The van der Waals surface area contributed by atoms with Crippen molar-refractivity contribution in [1.29, 1.82) is 0 Å². The zero-order valence-electron chi connectivity index (χ0n) is 13.2. The van der Waals surface area contributed by atoms with Crippen molar-refractivity contribution in [2.75, 3.05) is 18.1 Å². The van der Waals surface area contributed by atoms with Gasteiger partial charge in [0.05, 0.1) is 17.8 Å². The number of hydrogen-bond acceptors (Lipinski definition) is 6. The first-order valence-corrected chi connectivity index (χ1v) is 11.6. The Kier molecular flexibility index (Phi) is 6.03. The number of phenols is 1. The molecule has 2 aromatic rings. The minimum absolute atomic E-state index is 0.0365. The Hall–Kier alpha value is -1.20. The lowest BCUT2D eigenvalue weighted by molar-refractivity contribution is 0.403. The molecule has 0 heterocycles. The smallest absolute Gasteiger partial charge is 0.265 e. The molecule has 0 aliphatic heterocycles. The predicted octanol–water partition coefficient (Wildman–Crippen LogP) is 3.67. The molecule has 0 amide bonds. The summed E-state index contributed by atoms with van der Waals surface area (Å²) in [6.45, 7) is 0. The zero-order valence-corrected chi connectivity index (χ0v) is 18.0. The Bertz CT molecular complexity index is 1090. The Labute approximate surface area is 169 Å². The molecule has 0 saturated carbocycles. The predicted molar refractivity (Wildman–Crippen MR) is 103 cm³/mol. The van der Waals surface area contributed by atoms with Gasteiger partial charge in [0.25, 0.3) is 10.0 Å². The summed E-state index contributed by atoms with van der Waals surface area (Å²) >= 11 is 15.0. The number of halogens is 3. The first-order chi connectivity index (χ1) is 11.9. The molecule has 0 radical (unpaired) electrons. The fraction of sp³-hybridized carbons (Fsp3) is 0.143. The van der Waals surface area contributed by atoms with E-state index in [2.05, 4.69) is 20.7 Å². The van der Waals surface area contributed by atoms with E-state index in [0.29, 0.717) is 4.47 Å². The van der Waals surface area contributed by atoms with E-state index < -0.39 is 36.2 Å². The van der Waals surface area contributed by atoms with Gasteiger partial charge in [-0.1, -0.05) is 39.1 Å². The SMILES string of the molecule is COc1c(Cl)cc(Br)cc1S(=O)(=O)Nc1cc(Cl)cc(S(C)(=O)=O)c1O. The van der Waals surface area contributed by atoms with Gasteiger partial charge in [-0.15, -0.1) is 0 Å². The minimum Gasteiger partial charge on any atom is -0.504 e. The molecule has 0 aliphatic rings. The largest absolute Gasteiger partial charge is 0.504 e. The third-order valence-corrected chi connectivity index (χ3v) is 6.59. The van der Waals surface area contributed by atoms with E-state index in [9.17, 15) is 21.9 Å². The molecule has 7 nitrogen and oxygen atoms in total. The number of ether oxygens (including phenoxy) is 1. The number of nitrogens with one attached hydrogen (secondary N) is 1. The maximum atomic E-state index is 12.7. The van der Waals surface area contributed by atoms with Gasteiger partial charge in [-0.2, -0.15) is 0 Å². The molecule has 0 saturated heterocycles. The number of methoxy groups -OCH3 is 1. The lowest BCUT2D eigenvalue weighted by atomic mass is 10.3. The Morgan fingerprint density at radius 2 is 1.69 bits per heavy atom. The number of aromatic hydroxyl groups is 1. The summed E-state index contributed by atoms with van der Waals surface area (Å²) in [6, 6.07) is 4.78. The van der Waals surface area contributed by atoms with Crippen molar-refractivity contribution >= 4 is 64.7 Å². The second-order valence-corrected chi connectivity index (χ2v) is 10.5. The van der Waals surface area contributed by atoms with Crippen molar-refractivity contribution in [1.82, 2.24) is 0 Å². The van der Waals surface area contributed by atoms with Gasteiger partial charge in [-0.05, 0) is 24.3 Å². The molecule has 2 aromatic carbocycles. The second-order valence-electron chi connectivity index (χ2n) is 5.10. The topological polar surface area (TPSA) is 110 Å². The van der Waals surface area contributed by atoms with Crippen LogP contribution in [0.4, 0.5) is 5.69 Å². The molecule has 0 aromatic heterocycles. The molecular weight excluding hydrogens is 493 g/mol. The monoisotopic (exact) mass is 503 g/mol. The van der Waals surface area contributed by atoms with Crippen LogP contribution in [0, 0.1) is 0 Å². The van der Waals surface area contributed by atoms with Gasteiger partial charge in [-0.25, -0.2) is 16.8 Å². The van der Waals surface area contributed by atoms with Crippen LogP contribution in [0.2, 0.25) is 10.0 Å². The first-order valence-electron chi connectivity index (χ1n) is 6.65. The van der Waals surface area contributed by atoms with Gasteiger partial charge in [0.1, 0.15) is 9.79 Å². The summed E-state index contributed by atoms with van der Waals surface area (Å²) in [5.74, 6) is -0.896. The normalized spacial score (nSPS) is 12.0. The molecule has 0 spiro atoms. The number of benzene rings is 2. The van der Waals surface area contributed by atoms with E-state index in [1.165, 1.54) is 19.2 Å². The van der Waals surface area contributed by atoms with Crippen LogP contribution < -0.4 is 9.46 Å². The Balaban J connectivity index is 2.64. The van der Waals surface area contributed by atoms with Crippen LogP contribution in [0.25, 0.3) is 0 Å². The summed E-state index contributed by atoms with van der Waals surface area (Å²) in [4.78, 5) is -0.832. The molecular formula is C14H12BrCl2NO6S2. The summed E-state index contributed by atoms with van der Waals surface area (Å²) < 4.78 is 56.5. The highest BCUT2D eigenvalue weighted by atomic mass is 79.9. The van der Waals surface area contributed by atoms with E-state index >= 15 is 0 Å². The van der Waals surface area contributed by atoms with Crippen LogP contribution in [-0.4, -0.2) is 35.3 Å². The summed E-state index contributed by atoms with van der Waals surface area (Å²) in [5.41, 5.74) is -0.406. The van der Waals surface area contributed by atoms with Crippen LogP contribution in [0.5, 0.6) is 11.5 Å². The van der Waals surface area contributed by atoms with Crippen LogP contribution in [-0.2, 0) is 19.9 Å². The molecule has 12 heteroatoms. The van der Waals surface area contributed by atoms with E-state index in [-0.39, 0.29) is 20.7 Å². The highest BCUT2D eigenvalue weighted by Crippen LogP contribution is 2.39. The fourth-order valence-corrected chi connectivity index (χ4v) is 5.52. The molecule has 0 fully saturated rings. The second kappa shape index (κ2) is 7.43. The summed E-state index contributed by atoms with van der Waals surface area (Å²) in [5, 5.41) is 10.1. The third kappa shape index (κ3) is 4.37. The molecule has 0 bridgehead atoms. The van der Waals surface area contributed by atoms with Gasteiger partial charge >= 0.3 is 0 Å². The van der Waals surface area contributed by atoms with Crippen molar-refractivity contribution in [3.05, 3.63) is 38.8 Å². The lowest BCUT2D eigenvalue weighted by Crippen LogP contribution is -2.15. The van der Waals surface area contributed by atoms with Gasteiger partial charge < -0.3 is 9.84 Å². The van der Waals surface area contributed by atoms with Crippen LogP contribution in [0.15, 0.2) is 38.5 Å². The number of phenolic OH excluding ortho intramolecular Hbond substituents is 1. The average molecular weight is 505 g/mol. The molecule has 2 N–H and O–H groups in total. The van der Waals surface area contributed by atoms with Gasteiger partial charge in [0.2, 0.25) is 0 Å². The average Bonchev–Trinajstić information content (AvgIpc) is 2.48. The Morgan fingerprint density at radius 1 is 1.08 bits per heavy atom. The molecule has 0 unspecified atom stereocenters. The number of hydrogen-bond donors (Lipinski definition) is 2. The van der Waals surface area contributed by atoms with E-state index in [1.54, 1.807) is 0 Å². The molecule has 0 aliphatic carbocycles.